The van der Waals surface area contributed by atoms with E-state index in [2.05, 4.69) is 22.4 Å². The number of rotatable bonds is 1. The van der Waals surface area contributed by atoms with Crippen molar-refractivity contribution in [2.45, 2.75) is 31.7 Å². The molecule has 0 fully saturated rings. The molecule has 0 aromatic carbocycles. The molecule has 15 heavy (non-hydrogen) atoms. The van der Waals surface area contributed by atoms with Crippen LogP contribution in [-0.4, -0.2) is 20.7 Å². The molecule has 1 aliphatic carbocycles. The molecule has 0 saturated heterocycles. The first kappa shape index (κ1) is 9.96. The number of nitrogens with zero attached hydrogens (tertiary/aromatic N) is 3. The summed E-state index contributed by atoms with van der Waals surface area (Å²) in [5, 5.41) is 16.6. The molecular formula is C11H15N3O. The molecule has 1 N–H and O–H groups in total. The van der Waals surface area contributed by atoms with Gasteiger partial charge in [-0.3, -0.25) is 4.68 Å². The second-order valence-corrected chi connectivity index (χ2v) is 3.68. The summed E-state index contributed by atoms with van der Waals surface area (Å²) < 4.78 is 1.87. The number of oxime groups is 1. The zero-order valence-electron chi connectivity index (χ0n) is 8.58. The van der Waals surface area contributed by atoms with Crippen LogP contribution in [0.15, 0.2) is 35.8 Å². The zero-order chi connectivity index (χ0) is 10.5. The summed E-state index contributed by atoms with van der Waals surface area (Å²) in [6.45, 7) is 0. The van der Waals surface area contributed by atoms with E-state index >= 15 is 0 Å². The Morgan fingerprint density at radius 2 is 2.27 bits per heavy atom. The van der Waals surface area contributed by atoms with E-state index in [4.69, 9.17) is 5.21 Å². The summed E-state index contributed by atoms with van der Waals surface area (Å²) in [5.74, 6) is 0. The van der Waals surface area contributed by atoms with Crippen LogP contribution in [0.2, 0.25) is 0 Å². The van der Waals surface area contributed by atoms with Crippen molar-refractivity contribution in [3.05, 3.63) is 30.6 Å². The van der Waals surface area contributed by atoms with E-state index in [0.717, 1.165) is 31.4 Å². The van der Waals surface area contributed by atoms with Gasteiger partial charge in [0.25, 0.3) is 0 Å². The Balaban J connectivity index is 2.22. The Hall–Kier alpha value is -1.58. The number of aromatic nitrogens is 2. The molecule has 0 spiro atoms. The topological polar surface area (TPSA) is 50.4 Å². The van der Waals surface area contributed by atoms with Crippen molar-refractivity contribution < 1.29 is 5.21 Å². The van der Waals surface area contributed by atoms with Gasteiger partial charge >= 0.3 is 0 Å². The molecule has 0 radical (unpaired) electrons. The Morgan fingerprint density at radius 1 is 1.40 bits per heavy atom. The van der Waals surface area contributed by atoms with Gasteiger partial charge in [0.15, 0.2) is 0 Å². The molecule has 1 heterocycles. The van der Waals surface area contributed by atoms with Gasteiger partial charge in [-0.25, -0.2) is 0 Å². The third-order valence-corrected chi connectivity index (χ3v) is 2.70. The largest absolute Gasteiger partial charge is 0.411 e. The van der Waals surface area contributed by atoms with Crippen molar-refractivity contribution in [2.24, 2.45) is 5.16 Å². The van der Waals surface area contributed by atoms with Gasteiger partial charge in [-0.1, -0.05) is 17.3 Å². The molecule has 0 amide bonds. The fourth-order valence-corrected chi connectivity index (χ4v) is 1.92. The third kappa shape index (κ3) is 2.26. The van der Waals surface area contributed by atoms with Crippen LogP contribution in [0.25, 0.3) is 0 Å². The van der Waals surface area contributed by atoms with E-state index in [1.54, 1.807) is 6.20 Å². The van der Waals surface area contributed by atoms with Gasteiger partial charge in [-0.15, -0.1) is 0 Å². The molecule has 1 aromatic heterocycles. The number of hydrogen-bond acceptors (Lipinski definition) is 3. The lowest BCUT2D eigenvalue weighted by Gasteiger charge is -2.19. The average molecular weight is 205 g/mol. The first-order valence-electron chi connectivity index (χ1n) is 5.27. The van der Waals surface area contributed by atoms with Gasteiger partial charge in [-0.2, -0.15) is 5.10 Å². The molecule has 2 rings (SSSR count). The van der Waals surface area contributed by atoms with Crippen LogP contribution in [0.4, 0.5) is 0 Å². The van der Waals surface area contributed by atoms with E-state index in [1.165, 1.54) is 0 Å². The first-order valence-corrected chi connectivity index (χ1v) is 5.27. The summed E-state index contributed by atoms with van der Waals surface area (Å²) >= 11 is 0. The Morgan fingerprint density at radius 3 is 3.00 bits per heavy atom. The van der Waals surface area contributed by atoms with E-state index in [1.807, 2.05) is 16.9 Å². The summed E-state index contributed by atoms with van der Waals surface area (Å²) in [5.41, 5.74) is 0.822. The van der Waals surface area contributed by atoms with Crippen LogP contribution in [0.5, 0.6) is 0 Å². The van der Waals surface area contributed by atoms with Crippen molar-refractivity contribution in [1.29, 1.82) is 0 Å². The van der Waals surface area contributed by atoms with Crippen LogP contribution >= 0.6 is 0 Å². The van der Waals surface area contributed by atoms with Crippen molar-refractivity contribution in [1.82, 2.24) is 9.78 Å². The van der Waals surface area contributed by atoms with E-state index in [0.29, 0.717) is 0 Å². The van der Waals surface area contributed by atoms with Crippen molar-refractivity contribution in [3.63, 3.8) is 0 Å². The average Bonchev–Trinajstić information content (AvgIpc) is 2.71. The quantitative estimate of drug-likeness (QED) is 0.434. The van der Waals surface area contributed by atoms with Gasteiger partial charge in [0.05, 0.1) is 11.8 Å². The van der Waals surface area contributed by atoms with Gasteiger partial charge in [0.2, 0.25) is 0 Å². The van der Waals surface area contributed by atoms with Gasteiger partial charge in [0.1, 0.15) is 0 Å². The predicted octanol–water partition coefficient (Wildman–Crippen LogP) is 2.38. The van der Waals surface area contributed by atoms with Crippen LogP contribution in [0, 0.1) is 0 Å². The fourth-order valence-electron chi connectivity index (χ4n) is 1.92. The molecule has 1 aromatic rings. The van der Waals surface area contributed by atoms with Crippen molar-refractivity contribution in [3.8, 4) is 0 Å². The second kappa shape index (κ2) is 4.77. The van der Waals surface area contributed by atoms with Gasteiger partial charge < -0.3 is 5.21 Å². The van der Waals surface area contributed by atoms with Crippen LogP contribution in [0.3, 0.4) is 0 Å². The number of hydrogen-bond donors (Lipinski definition) is 1. The van der Waals surface area contributed by atoms with Crippen LogP contribution in [-0.2, 0) is 0 Å². The first-order chi connectivity index (χ1) is 7.42. The maximum Gasteiger partial charge on any atom is 0.0936 e. The third-order valence-electron chi connectivity index (χ3n) is 2.70. The lowest BCUT2D eigenvalue weighted by atomic mass is 9.99. The van der Waals surface area contributed by atoms with Crippen molar-refractivity contribution >= 4 is 5.71 Å². The molecule has 1 aliphatic rings. The van der Waals surface area contributed by atoms with E-state index < -0.39 is 0 Å². The predicted molar refractivity (Wildman–Crippen MR) is 58.1 cm³/mol. The molecule has 0 bridgehead atoms. The Labute approximate surface area is 88.9 Å². The SMILES string of the molecule is O/N=C1/CCC=CCC[C@H]1n1cccn1. The molecule has 0 aliphatic heterocycles. The summed E-state index contributed by atoms with van der Waals surface area (Å²) in [7, 11) is 0. The zero-order valence-corrected chi connectivity index (χ0v) is 8.58. The maximum absolute atomic E-state index is 9.00. The summed E-state index contributed by atoms with van der Waals surface area (Å²) in [6, 6.07) is 2.00. The van der Waals surface area contributed by atoms with Crippen molar-refractivity contribution in [2.75, 3.05) is 0 Å². The normalized spacial score (nSPS) is 25.1. The minimum Gasteiger partial charge on any atom is -0.411 e. The smallest absolute Gasteiger partial charge is 0.0936 e. The molecule has 1 atom stereocenters. The monoisotopic (exact) mass is 205 g/mol. The Bertz CT molecular complexity index is 354. The standard InChI is InChI=1S/C11H15N3O/c15-13-10-6-3-1-2-4-7-11(10)14-9-5-8-12-14/h1-2,5,8-9,11,15H,3-4,6-7H2/b2-1?,13-10-/t11-/m1/s1. The highest BCUT2D eigenvalue weighted by molar-refractivity contribution is 5.87. The minimum atomic E-state index is 0.106. The highest BCUT2D eigenvalue weighted by Crippen LogP contribution is 2.20. The highest BCUT2D eigenvalue weighted by atomic mass is 16.4. The molecule has 4 nitrogen and oxygen atoms in total. The molecule has 0 unspecified atom stereocenters. The lowest BCUT2D eigenvalue weighted by molar-refractivity contribution is 0.310. The number of allylic oxidation sites excluding steroid dienone is 2. The van der Waals surface area contributed by atoms with Gasteiger partial charge in [-0.05, 0) is 31.7 Å². The molecule has 80 valence electrons. The molecule has 4 heteroatoms. The summed E-state index contributed by atoms with van der Waals surface area (Å²) in [6.07, 6.45) is 11.7. The molecule has 0 saturated carbocycles. The second-order valence-electron chi connectivity index (χ2n) is 3.68. The highest BCUT2D eigenvalue weighted by Gasteiger charge is 2.18. The van der Waals surface area contributed by atoms with Crippen LogP contribution in [0.1, 0.15) is 31.7 Å². The molecular weight excluding hydrogens is 190 g/mol. The fraction of sp³-hybridized carbons (Fsp3) is 0.455. The van der Waals surface area contributed by atoms with Gasteiger partial charge in [0, 0.05) is 12.4 Å². The van der Waals surface area contributed by atoms with E-state index in [9.17, 15) is 0 Å². The Kier molecular flexibility index (Phi) is 3.17. The lowest BCUT2D eigenvalue weighted by Crippen LogP contribution is -2.21. The summed E-state index contributed by atoms with van der Waals surface area (Å²) in [4.78, 5) is 0. The van der Waals surface area contributed by atoms with E-state index in [-0.39, 0.29) is 6.04 Å². The van der Waals surface area contributed by atoms with Crippen LogP contribution < -0.4 is 0 Å². The maximum atomic E-state index is 9.00. The minimum absolute atomic E-state index is 0.106.